The summed E-state index contributed by atoms with van der Waals surface area (Å²) in [5, 5.41) is 0. The summed E-state index contributed by atoms with van der Waals surface area (Å²) in [7, 11) is 0. The first kappa shape index (κ1) is 52.3. The van der Waals surface area contributed by atoms with Gasteiger partial charge in [0.1, 0.15) is 13.2 Å². The number of rotatable bonds is 38. The van der Waals surface area contributed by atoms with Crippen molar-refractivity contribution in [3.63, 3.8) is 0 Å². The van der Waals surface area contributed by atoms with Crippen LogP contribution in [0.1, 0.15) is 181 Å². The normalized spacial score (nSPS) is 13.0. The molecule has 0 aromatic heterocycles. The van der Waals surface area contributed by atoms with E-state index in [2.05, 4.69) is 63.3 Å². The summed E-state index contributed by atoms with van der Waals surface area (Å²) in [5.74, 6) is -1.02. The van der Waals surface area contributed by atoms with Gasteiger partial charge in [-0.1, -0.05) is 195 Å². The molecule has 56 heavy (non-hydrogen) atoms. The highest BCUT2D eigenvalue weighted by Gasteiger charge is 2.19. The summed E-state index contributed by atoms with van der Waals surface area (Å²) in [5.41, 5.74) is 0. The molecule has 0 aliphatic heterocycles. The summed E-state index contributed by atoms with van der Waals surface area (Å²) in [4.78, 5) is 37.7. The Hall–Kier alpha value is -3.67. The molecule has 0 aliphatic carbocycles. The summed E-state index contributed by atoms with van der Waals surface area (Å²) in [6.07, 6.45) is 56.8. The Kier molecular flexibility index (Phi) is 41.2. The topological polar surface area (TPSA) is 78.9 Å². The van der Waals surface area contributed by atoms with Gasteiger partial charge in [0, 0.05) is 19.3 Å². The van der Waals surface area contributed by atoms with Gasteiger partial charge in [0.15, 0.2) is 6.10 Å². The summed E-state index contributed by atoms with van der Waals surface area (Å²) in [6, 6.07) is 0. The van der Waals surface area contributed by atoms with Crippen LogP contribution in [0.5, 0.6) is 0 Å². The number of carbonyl (C=O) groups excluding carboxylic acids is 3. The van der Waals surface area contributed by atoms with E-state index in [0.717, 1.165) is 83.5 Å². The van der Waals surface area contributed by atoms with Gasteiger partial charge in [-0.2, -0.15) is 0 Å². The maximum absolute atomic E-state index is 12.7. The lowest BCUT2D eigenvalue weighted by Crippen LogP contribution is -2.30. The van der Waals surface area contributed by atoms with Crippen LogP contribution in [0.2, 0.25) is 0 Å². The van der Waals surface area contributed by atoms with Crippen molar-refractivity contribution >= 4 is 17.9 Å². The monoisotopic (exact) mass is 777 g/mol. The minimum atomic E-state index is -0.820. The van der Waals surface area contributed by atoms with Gasteiger partial charge in [0.05, 0.1) is 0 Å². The number of hydrogen-bond donors (Lipinski definition) is 0. The highest BCUT2D eigenvalue weighted by atomic mass is 16.6. The molecule has 316 valence electrons. The zero-order chi connectivity index (χ0) is 40.8. The fourth-order valence-electron chi connectivity index (χ4n) is 5.66. The maximum atomic E-state index is 12.7. The van der Waals surface area contributed by atoms with E-state index in [1.807, 2.05) is 54.7 Å². The standard InChI is InChI=1S/C50H80O6/c1-4-7-10-13-16-19-22-24-26-28-31-34-37-40-43-49(52)55-46-47(45-54-48(51)42-39-36-33-30-27-21-18-15-12-9-6-3)56-50(53)44-41-38-35-32-29-25-23-20-17-14-11-8-5-2/h7-8,10-11,14,16-17,19-20,23-26,29,32,35,47H,4-6,9,12-13,15,18,21-22,27-28,30-31,33-34,36-46H2,1-3H3/b10-7-,11-8-,17-14-,19-16-,23-20-,26-24-,29-25-,35-32-. The van der Waals surface area contributed by atoms with E-state index in [-0.39, 0.29) is 31.6 Å². The predicted molar refractivity (Wildman–Crippen MR) is 237 cm³/mol. The maximum Gasteiger partial charge on any atom is 0.306 e. The molecule has 0 aromatic carbocycles. The molecule has 0 fully saturated rings. The fourth-order valence-corrected chi connectivity index (χ4v) is 5.66. The zero-order valence-corrected chi connectivity index (χ0v) is 35.9. The Morgan fingerprint density at radius 2 is 0.804 bits per heavy atom. The van der Waals surface area contributed by atoms with E-state index >= 15 is 0 Å². The van der Waals surface area contributed by atoms with Crippen LogP contribution >= 0.6 is 0 Å². The number of esters is 3. The minimum Gasteiger partial charge on any atom is -0.462 e. The van der Waals surface area contributed by atoms with Crippen molar-refractivity contribution in [1.29, 1.82) is 0 Å². The first-order valence-corrected chi connectivity index (χ1v) is 22.3. The minimum absolute atomic E-state index is 0.114. The average Bonchev–Trinajstić information content (AvgIpc) is 3.19. The SMILES string of the molecule is CC\C=C/C=C\C=C/C=C\C=C/CCCC(=O)OC(COC(=O)CCCCCC/C=C\C/C=C\C/C=C\CC)COC(=O)CCCCCCCCCCCCC. The Morgan fingerprint density at radius 1 is 0.393 bits per heavy atom. The molecule has 1 unspecified atom stereocenters. The lowest BCUT2D eigenvalue weighted by molar-refractivity contribution is -0.167. The smallest absolute Gasteiger partial charge is 0.306 e. The van der Waals surface area contributed by atoms with Crippen molar-refractivity contribution in [2.24, 2.45) is 0 Å². The number of unbranched alkanes of at least 4 members (excludes halogenated alkanes) is 15. The second-order valence-electron chi connectivity index (χ2n) is 14.3. The van der Waals surface area contributed by atoms with Gasteiger partial charge < -0.3 is 14.2 Å². The Labute approximate surface area is 343 Å². The van der Waals surface area contributed by atoms with Gasteiger partial charge >= 0.3 is 17.9 Å². The molecule has 0 rings (SSSR count). The first-order chi connectivity index (χ1) is 27.5. The van der Waals surface area contributed by atoms with Crippen LogP contribution in [-0.4, -0.2) is 37.2 Å². The van der Waals surface area contributed by atoms with Crippen molar-refractivity contribution in [2.45, 2.75) is 187 Å². The molecule has 0 saturated carbocycles. The van der Waals surface area contributed by atoms with E-state index in [9.17, 15) is 14.4 Å². The Balaban J connectivity index is 4.55. The van der Waals surface area contributed by atoms with Gasteiger partial charge in [-0.15, -0.1) is 0 Å². The van der Waals surface area contributed by atoms with Gasteiger partial charge in [0.25, 0.3) is 0 Å². The molecule has 0 spiro atoms. The largest absolute Gasteiger partial charge is 0.462 e. The Bertz CT molecular complexity index is 1170. The molecule has 0 amide bonds. The summed E-state index contributed by atoms with van der Waals surface area (Å²) in [6.45, 7) is 6.26. The van der Waals surface area contributed by atoms with Crippen molar-refractivity contribution in [2.75, 3.05) is 13.2 Å². The first-order valence-electron chi connectivity index (χ1n) is 22.3. The molecule has 0 saturated heterocycles. The molecule has 0 heterocycles. The molecule has 0 aliphatic rings. The highest BCUT2D eigenvalue weighted by Crippen LogP contribution is 2.13. The van der Waals surface area contributed by atoms with Crippen molar-refractivity contribution in [3.8, 4) is 0 Å². The average molecular weight is 777 g/mol. The summed E-state index contributed by atoms with van der Waals surface area (Å²) >= 11 is 0. The number of ether oxygens (including phenoxy) is 3. The van der Waals surface area contributed by atoms with E-state index in [0.29, 0.717) is 19.3 Å². The third kappa shape index (κ3) is 41.5. The molecule has 6 heteroatoms. The van der Waals surface area contributed by atoms with E-state index in [1.165, 1.54) is 51.4 Å². The molecule has 0 bridgehead atoms. The van der Waals surface area contributed by atoms with Crippen LogP contribution in [0.25, 0.3) is 0 Å². The van der Waals surface area contributed by atoms with Crippen LogP contribution in [0.3, 0.4) is 0 Å². The number of carbonyl (C=O) groups is 3. The lowest BCUT2D eigenvalue weighted by Gasteiger charge is -2.18. The van der Waals surface area contributed by atoms with Gasteiger partial charge in [-0.3, -0.25) is 14.4 Å². The van der Waals surface area contributed by atoms with Gasteiger partial charge in [0.2, 0.25) is 0 Å². The fraction of sp³-hybridized carbons (Fsp3) is 0.620. The molecular formula is C50H80O6. The molecule has 0 N–H and O–H groups in total. The Morgan fingerprint density at radius 3 is 1.34 bits per heavy atom. The third-order valence-electron chi connectivity index (χ3n) is 8.96. The second kappa shape index (κ2) is 44.0. The molecule has 0 radical (unpaired) electrons. The van der Waals surface area contributed by atoms with Crippen molar-refractivity contribution < 1.29 is 28.6 Å². The van der Waals surface area contributed by atoms with Crippen LogP contribution in [-0.2, 0) is 28.6 Å². The number of allylic oxidation sites excluding steroid dienone is 16. The molecular weight excluding hydrogens is 697 g/mol. The van der Waals surface area contributed by atoms with Crippen LogP contribution in [0, 0.1) is 0 Å². The van der Waals surface area contributed by atoms with Gasteiger partial charge in [-0.25, -0.2) is 0 Å². The lowest BCUT2D eigenvalue weighted by atomic mass is 10.1. The van der Waals surface area contributed by atoms with E-state index in [1.54, 1.807) is 0 Å². The van der Waals surface area contributed by atoms with Crippen LogP contribution < -0.4 is 0 Å². The van der Waals surface area contributed by atoms with Crippen LogP contribution in [0.4, 0.5) is 0 Å². The second-order valence-corrected chi connectivity index (χ2v) is 14.3. The molecule has 6 nitrogen and oxygen atoms in total. The number of hydrogen-bond acceptors (Lipinski definition) is 6. The van der Waals surface area contributed by atoms with Crippen molar-refractivity contribution in [1.82, 2.24) is 0 Å². The third-order valence-corrected chi connectivity index (χ3v) is 8.96. The quantitative estimate of drug-likeness (QED) is 0.0204. The van der Waals surface area contributed by atoms with Crippen LogP contribution in [0.15, 0.2) is 97.2 Å². The van der Waals surface area contributed by atoms with E-state index < -0.39 is 12.1 Å². The molecule has 0 aromatic rings. The molecule has 1 atom stereocenters. The van der Waals surface area contributed by atoms with Crippen molar-refractivity contribution in [3.05, 3.63) is 97.2 Å². The zero-order valence-electron chi connectivity index (χ0n) is 35.9. The van der Waals surface area contributed by atoms with E-state index in [4.69, 9.17) is 14.2 Å². The summed E-state index contributed by atoms with van der Waals surface area (Å²) < 4.78 is 16.6. The van der Waals surface area contributed by atoms with Gasteiger partial charge in [-0.05, 0) is 64.2 Å². The predicted octanol–water partition coefficient (Wildman–Crippen LogP) is 14.2. The highest BCUT2D eigenvalue weighted by molar-refractivity contribution is 5.71.